The number of carbonyl (C=O) groups excluding carboxylic acids is 1. The van der Waals surface area contributed by atoms with E-state index >= 15 is 0 Å². The summed E-state index contributed by atoms with van der Waals surface area (Å²) in [5.74, 6) is 7.84. The van der Waals surface area contributed by atoms with E-state index in [0.717, 1.165) is 35.3 Å². The number of benzene rings is 2. The third kappa shape index (κ3) is 6.97. The van der Waals surface area contributed by atoms with Crippen LogP contribution in [-0.4, -0.2) is 22.6 Å². The zero-order valence-electron chi connectivity index (χ0n) is 16.9. The molecule has 2 aromatic carbocycles. The molecule has 148 valence electrons. The lowest BCUT2D eigenvalue weighted by Gasteiger charge is -2.09. The second kappa shape index (κ2) is 10.3. The van der Waals surface area contributed by atoms with E-state index in [9.17, 15) is 4.79 Å². The van der Waals surface area contributed by atoms with Crippen molar-refractivity contribution in [1.29, 1.82) is 0 Å². The molecule has 4 heteroatoms. The van der Waals surface area contributed by atoms with Crippen LogP contribution in [0.15, 0.2) is 60.9 Å². The molecule has 0 bridgehead atoms. The first-order valence-corrected chi connectivity index (χ1v) is 9.89. The number of rotatable bonds is 8. The predicted octanol–water partition coefficient (Wildman–Crippen LogP) is 4.59. The van der Waals surface area contributed by atoms with Crippen molar-refractivity contribution < 1.29 is 9.53 Å². The summed E-state index contributed by atoms with van der Waals surface area (Å²) in [4.78, 5) is 11.2. The van der Waals surface area contributed by atoms with E-state index in [-0.39, 0.29) is 5.78 Å². The summed E-state index contributed by atoms with van der Waals surface area (Å²) in [6.45, 7) is 4.37. The molecule has 1 unspecified atom stereocenters. The summed E-state index contributed by atoms with van der Waals surface area (Å²) in [6, 6.07) is 16.1. The molecule has 1 aromatic heterocycles. The lowest BCUT2D eigenvalue weighted by Crippen LogP contribution is -2.04. The molecule has 0 aliphatic heterocycles. The lowest BCUT2D eigenvalue weighted by atomic mass is 9.96. The van der Waals surface area contributed by atoms with E-state index in [1.807, 2.05) is 42.6 Å². The third-order valence-corrected chi connectivity index (χ3v) is 4.59. The molecule has 4 nitrogen and oxygen atoms in total. The van der Waals surface area contributed by atoms with Crippen molar-refractivity contribution in [3.8, 4) is 17.6 Å². The van der Waals surface area contributed by atoms with Gasteiger partial charge in [0.15, 0.2) is 0 Å². The fourth-order valence-electron chi connectivity index (χ4n) is 3.17. The van der Waals surface area contributed by atoms with Gasteiger partial charge in [-0.05, 0) is 66.8 Å². The summed E-state index contributed by atoms with van der Waals surface area (Å²) >= 11 is 0. The van der Waals surface area contributed by atoms with Crippen molar-refractivity contribution in [3.63, 3.8) is 0 Å². The van der Waals surface area contributed by atoms with Crippen LogP contribution in [0.4, 0.5) is 0 Å². The average Bonchev–Trinajstić information content (AvgIpc) is 3.21. The fourth-order valence-corrected chi connectivity index (χ4v) is 3.17. The van der Waals surface area contributed by atoms with Crippen molar-refractivity contribution in [3.05, 3.63) is 83.2 Å². The van der Waals surface area contributed by atoms with Crippen LogP contribution in [0.1, 0.15) is 42.5 Å². The number of nitrogens with one attached hydrogen (secondary N) is 1. The molecule has 0 aliphatic rings. The predicted molar refractivity (Wildman–Crippen MR) is 115 cm³/mol. The van der Waals surface area contributed by atoms with Crippen LogP contribution in [0.3, 0.4) is 0 Å². The minimum absolute atomic E-state index is 0.245. The normalized spacial score (nSPS) is 11.4. The zero-order valence-corrected chi connectivity index (χ0v) is 16.9. The number of nitrogens with zero attached hydrogens (tertiary/aromatic N) is 1. The van der Waals surface area contributed by atoms with Gasteiger partial charge in [0.25, 0.3) is 0 Å². The molecule has 0 radical (unpaired) electrons. The molecule has 1 heterocycles. The molecule has 0 saturated heterocycles. The first-order chi connectivity index (χ1) is 14.1. The summed E-state index contributed by atoms with van der Waals surface area (Å²) in [7, 11) is 0. The second-order valence-corrected chi connectivity index (χ2v) is 7.39. The largest absolute Gasteiger partial charge is 0.493 e. The Hall–Kier alpha value is -3.32. The average molecular weight is 386 g/mol. The second-order valence-electron chi connectivity index (χ2n) is 7.39. The number of hydrogen-bond donors (Lipinski definition) is 1. The lowest BCUT2D eigenvalue weighted by molar-refractivity contribution is -0.117. The quantitative estimate of drug-likeness (QED) is 0.576. The fraction of sp³-hybridized carbons (Fsp3) is 0.280. The number of aromatic nitrogens is 2. The Morgan fingerprint density at radius 2 is 1.69 bits per heavy atom. The molecule has 0 fully saturated rings. The number of H-pyrrole nitrogens is 1. The Labute approximate surface area is 172 Å². The molecule has 0 aliphatic carbocycles. The van der Waals surface area contributed by atoms with Gasteiger partial charge >= 0.3 is 0 Å². The monoisotopic (exact) mass is 386 g/mol. The smallest absolute Gasteiger partial charge is 0.130 e. The van der Waals surface area contributed by atoms with Crippen molar-refractivity contribution >= 4 is 5.78 Å². The van der Waals surface area contributed by atoms with Crippen LogP contribution in [0.5, 0.6) is 5.75 Å². The molecule has 0 saturated carbocycles. The van der Waals surface area contributed by atoms with Crippen molar-refractivity contribution in [2.24, 2.45) is 5.92 Å². The van der Waals surface area contributed by atoms with Gasteiger partial charge in [-0.15, -0.1) is 0 Å². The molecule has 3 rings (SSSR count). The van der Waals surface area contributed by atoms with Gasteiger partial charge in [-0.2, -0.15) is 5.10 Å². The highest BCUT2D eigenvalue weighted by atomic mass is 16.5. The maximum Gasteiger partial charge on any atom is 0.130 e. The molecular formula is C25H26N2O2. The number of aromatic amines is 1. The summed E-state index contributed by atoms with van der Waals surface area (Å²) in [5.41, 5.74) is 4.30. The van der Waals surface area contributed by atoms with Crippen LogP contribution >= 0.6 is 0 Å². The standard InChI is InChI=1S/C25H26N2O2/c1-19(15-20(2)28)16-23-7-5-21(6-8-23)3-4-22-9-11-25(12-10-22)29-14-13-24-17-26-27-18-24/h5-12,17-19H,13-16H2,1-2H3,(H,26,27). The first-order valence-electron chi connectivity index (χ1n) is 9.89. The Morgan fingerprint density at radius 1 is 1.03 bits per heavy atom. The maximum absolute atomic E-state index is 11.2. The van der Waals surface area contributed by atoms with E-state index in [1.54, 1.807) is 13.1 Å². The van der Waals surface area contributed by atoms with Crippen LogP contribution in [0.25, 0.3) is 0 Å². The first kappa shape index (κ1) is 20.4. The van der Waals surface area contributed by atoms with Gasteiger partial charge in [0, 0.05) is 30.2 Å². The Kier molecular flexibility index (Phi) is 7.24. The third-order valence-electron chi connectivity index (χ3n) is 4.59. The van der Waals surface area contributed by atoms with Crippen molar-refractivity contribution in [2.75, 3.05) is 6.61 Å². The molecule has 3 aromatic rings. The van der Waals surface area contributed by atoms with Crippen LogP contribution in [0, 0.1) is 17.8 Å². The van der Waals surface area contributed by atoms with Gasteiger partial charge in [-0.3, -0.25) is 5.10 Å². The summed E-state index contributed by atoms with van der Waals surface area (Å²) in [6.07, 6.45) is 6.05. The van der Waals surface area contributed by atoms with Gasteiger partial charge in [0.2, 0.25) is 0 Å². The minimum atomic E-state index is 0.245. The Bertz CT molecular complexity index is 962. The van der Waals surface area contributed by atoms with Crippen molar-refractivity contribution in [2.45, 2.75) is 33.1 Å². The molecule has 0 spiro atoms. The number of carbonyl (C=O) groups is 1. The van der Waals surface area contributed by atoms with E-state index < -0.39 is 0 Å². The highest BCUT2D eigenvalue weighted by Crippen LogP contribution is 2.14. The van der Waals surface area contributed by atoms with E-state index in [4.69, 9.17) is 4.74 Å². The molecule has 29 heavy (non-hydrogen) atoms. The summed E-state index contributed by atoms with van der Waals surface area (Å²) < 4.78 is 5.75. The van der Waals surface area contributed by atoms with Crippen LogP contribution < -0.4 is 4.74 Å². The Balaban J connectivity index is 1.50. The van der Waals surface area contributed by atoms with Gasteiger partial charge < -0.3 is 9.53 Å². The summed E-state index contributed by atoms with van der Waals surface area (Å²) in [5, 5.41) is 6.72. The molecule has 1 atom stereocenters. The highest BCUT2D eigenvalue weighted by molar-refractivity contribution is 5.75. The topological polar surface area (TPSA) is 55.0 Å². The SMILES string of the molecule is CC(=O)CC(C)Cc1ccc(C#Cc2ccc(OCCc3cn[nH]c3)cc2)cc1. The van der Waals surface area contributed by atoms with E-state index in [1.165, 1.54) is 5.56 Å². The van der Waals surface area contributed by atoms with Gasteiger partial charge in [0.1, 0.15) is 11.5 Å². The zero-order chi connectivity index (χ0) is 20.5. The number of ketones is 1. The maximum atomic E-state index is 11.2. The van der Waals surface area contributed by atoms with Gasteiger partial charge in [-0.1, -0.05) is 30.9 Å². The molecular weight excluding hydrogens is 360 g/mol. The number of ether oxygens (including phenoxy) is 1. The molecule has 1 N–H and O–H groups in total. The van der Waals surface area contributed by atoms with E-state index in [2.05, 4.69) is 41.1 Å². The highest BCUT2D eigenvalue weighted by Gasteiger charge is 2.06. The van der Waals surface area contributed by atoms with Crippen molar-refractivity contribution in [1.82, 2.24) is 10.2 Å². The van der Waals surface area contributed by atoms with E-state index in [0.29, 0.717) is 18.9 Å². The molecule has 0 amide bonds. The number of Topliss-reactive ketones (excluding diaryl/α,β-unsaturated/α-hetero) is 1. The van der Waals surface area contributed by atoms with Crippen LogP contribution in [0.2, 0.25) is 0 Å². The van der Waals surface area contributed by atoms with Crippen LogP contribution in [-0.2, 0) is 17.6 Å². The van der Waals surface area contributed by atoms with Gasteiger partial charge in [-0.25, -0.2) is 0 Å². The minimum Gasteiger partial charge on any atom is -0.493 e. The number of hydrogen-bond acceptors (Lipinski definition) is 3. The Morgan fingerprint density at radius 3 is 2.28 bits per heavy atom. The van der Waals surface area contributed by atoms with Gasteiger partial charge in [0.05, 0.1) is 12.8 Å².